The Morgan fingerprint density at radius 2 is 1.87 bits per heavy atom. The van der Waals surface area contributed by atoms with Crippen LogP contribution in [0.25, 0.3) is 22.6 Å². The van der Waals surface area contributed by atoms with Crippen LogP contribution in [0.15, 0.2) is 35.5 Å². The smallest absolute Gasteiger partial charge is 0.351 e. The average Bonchev–Trinajstić information content (AvgIpc) is 2.79. The van der Waals surface area contributed by atoms with Gasteiger partial charge in [-0.05, 0) is 12.1 Å². The monoisotopic (exact) mass is 314 g/mol. The number of quaternary nitrogens is 1. The van der Waals surface area contributed by atoms with Gasteiger partial charge in [0.05, 0.1) is 27.3 Å². The van der Waals surface area contributed by atoms with E-state index in [0.29, 0.717) is 11.5 Å². The summed E-state index contributed by atoms with van der Waals surface area (Å²) in [5, 5.41) is 0. The van der Waals surface area contributed by atoms with E-state index in [0.717, 1.165) is 10.1 Å². The summed E-state index contributed by atoms with van der Waals surface area (Å²) in [7, 11) is 5.38. The number of carbonyl (C=O) groups excluding carboxylic acids is 1. The predicted octanol–water partition coefficient (Wildman–Crippen LogP) is -0.0899. The molecule has 0 atom stereocenters. The third-order valence-electron chi connectivity index (χ3n) is 3.32. The van der Waals surface area contributed by atoms with Crippen LogP contribution in [0.2, 0.25) is 0 Å². The summed E-state index contributed by atoms with van der Waals surface area (Å²) in [6.07, 6.45) is 4.69. The summed E-state index contributed by atoms with van der Waals surface area (Å²) in [6, 6.07) is 2.66. The fourth-order valence-electron chi connectivity index (χ4n) is 2.36. The molecule has 1 amide bonds. The molecular formula is C14H16N7O2+. The quantitative estimate of drug-likeness (QED) is 0.665. The SMILES string of the molecule is C[N+](C)(C)n1c(=O)n(C(N)=O)c2cnc(-c3ccncc3)nc21. The van der Waals surface area contributed by atoms with Gasteiger partial charge in [-0.2, -0.15) is 0 Å². The number of amides is 1. The van der Waals surface area contributed by atoms with Crippen LogP contribution in [0.1, 0.15) is 0 Å². The molecule has 118 valence electrons. The van der Waals surface area contributed by atoms with Crippen LogP contribution in [-0.2, 0) is 0 Å². The van der Waals surface area contributed by atoms with Crippen molar-refractivity contribution in [2.24, 2.45) is 5.73 Å². The van der Waals surface area contributed by atoms with Crippen LogP contribution in [0.5, 0.6) is 0 Å². The Morgan fingerprint density at radius 3 is 2.43 bits per heavy atom. The lowest BCUT2D eigenvalue weighted by molar-refractivity contribution is 0.242. The van der Waals surface area contributed by atoms with E-state index in [-0.39, 0.29) is 10.1 Å². The van der Waals surface area contributed by atoms with E-state index >= 15 is 0 Å². The third kappa shape index (κ3) is 2.36. The molecule has 3 rings (SSSR count). The zero-order chi connectivity index (χ0) is 16.8. The Hall–Kier alpha value is -3.07. The van der Waals surface area contributed by atoms with Crippen LogP contribution in [0.4, 0.5) is 4.79 Å². The predicted molar refractivity (Wildman–Crippen MR) is 85.3 cm³/mol. The number of nitrogens with zero attached hydrogens (tertiary/aromatic N) is 6. The first kappa shape index (κ1) is 14.9. The number of fused-ring (bicyclic) bond motifs is 1. The average molecular weight is 314 g/mol. The van der Waals surface area contributed by atoms with E-state index in [4.69, 9.17) is 5.73 Å². The summed E-state index contributed by atoms with van der Waals surface area (Å²) in [6.45, 7) is 0. The number of rotatable bonds is 2. The molecule has 0 aromatic carbocycles. The molecule has 0 spiro atoms. The maximum atomic E-state index is 12.6. The van der Waals surface area contributed by atoms with Gasteiger partial charge in [0.1, 0.15) is 5.52 Å². The van der Waals surface area contributed by atoms with Gasteiger partial charge in [0.2, 0.25) is 5.65 Å². The second-order valence-corrected chi connectivity index (χ2v) is 5.85. The van der Waals surface area contributed by atoms with Crippen molar-refractivity contribution in [2.45, 2.75) is 0 Å². The van der Waals surface area contributed by atoms with E-state index in [1.54, 1.807) is 45.7 Å². The highest BCUT2D eigenvalue weighted by Crippen LogP contribution is 2.17. The van der Waals surface area contributed by atoms with E-state index in [9.17, 15) is 9.59 Å². The van der Waals surface area contributed by atoms with Crippen molar-refractivity contribution < 1.29 is 4.79 Å². The Balaban J connectivity index is 2.39. The van der Waals surface area contributed by atoms with E-state index < -0.39 is 11.7 Å². The van der Waals surface area contributed by atoms with E-state index in [1.807, 2.05) is 0 Å². The summed E-state index contributed by atoms with van der Waals surface area (Å²) >= 11 is 0. The fraction of sp³-hybridized carbons (Fsp3) is 0.214. The number of aromatic nitrogens is 5. The van der Waals surface area contributed by atoms with Crippen molar-refractivity contribution in [1.29, 1.82) is 0 Å². The number of primary amides is 1. The van der Waals surface area contributed by atoms with Crippen LogP contribution in [0, 0.1) is 0 Å². The molecule has 2 N–H and O–H groups in total. The lowest BCUT2D eigenvalue weighted by Crippen LogP contribution is -2.53. The molecule has 0 aliphatic rings. The van der Waals surface area contributed by atoms with Gasteiger partial charge in [-0.1, -0.05) is 0 Å². The first-order valence-electron chi connectivity index (χ1n) is 6.83. The molecule has 0 aliphatic heterocycles. The van der Waals surface area contributed by atoms with Gasteiger partial charge in [-0.3, -0.25) is 4.98 Å². The van der Waals surface area contributed by atoms with Gasteiger partial charge < -0.3 is 5.73 Å². The minimum atomic E-state index is -0.868. The Bertz CT molecular complexity index is 951. The third-order valence-corrected chi connectivity index (χ3v) is 3.32. The molecule has 0 aliphatic carbocycles. The maximum absolute atomic E-state index is 12.6. The summed E-state index contributed by atoms with van der Waals surface area (Å²) in [4.78, 5) is 36.8. The molecule has 0 unspecified atom stereocenters. The number of pyridine rings is 1. The standard InChI is InChI=1S/C14H15N7O2/c1-21(2,3)20-12-10(19(13(15)22)14(20)23)8-17-11(18-12)9-4-6-16-7-5-9/h4-8H,1-3H3,(H-,15,22)/p+1. The minimum Gasteiger partial charge on any atom is -0.351 e. The highest BCUT2D eigenvalue weighted by atomic mass is 16.2. The first-order chi connectivity index (χ1) is 10.8. The Labute approximate surface area is 131 Å². The molecule has 3 heterocycles. The maximum Gasteiger partial charge on any atom is 0.383 e. The van der Waals surface area contributed by atoms with Gasteiger partial charge in [-0.25, -0.2) is 28.7 Å². The van der Waals surface area contributed by atoms with E-state index in [1.165, 1.54) is 10.9 Å². The number of hydrogen-bond acceptors (Lipinski definition) is 5. The van der Waals surface area contributed by atoms with Crippen LogP contribution < -0.4 is 16.0 Å². The van der Waals surface area contributed by atoms with Crippen molar-refractivity contribution in [3.8, 4) is 11.4 Å². The highest BCUT2D eigenvalue weighted by molar-refractivity contribution is 5.87. The van der Waals surface area contributed by atoms with Crippen molar-refractivity contribution in [3.63, 3.8) is 0 Å². The zero-order valence-electron chi connectivity index (χ0n) is 13.0. The highest BCUT2D eigenvalue weighted by Gasteiger charge is 2.27. The molecule has 0 saturated carbocycles. The lowest BCUT2D eigenvalue weighted by atomic mass is 10.2. The molecule has 0 radical (unpaired) electrons. The molecule has 3 aromatic rings. The zero-order valence-corrected chi connectivity index (χ0v) is 13.0. The molecule has 9 heteroatoms. The van der Waals surface area contributed by atoms with Crippen molar-refractivity contribution in [1.82, 2.24) is 28.8 Å². The first-order valence-corrected chi connectivity index (χ1v) is 6.83. The van der Waals surface area contributed by atoms with Crippen molar-refractivity contribution in [2.75, 3.05) is 21.1 Å². The number of hydrogen-bond donors (Lipinski definition) is 1. The van der Waals surface area contributed by atoms with Crippen LogP contribution in [0.3, 0.4) is 0 Å². The number of carbonyl (C=O) groups is 1. The van der Waals surface area contributed by atoms with Crippen LogP contribution >= 0.6 is 0 Å². The Kier molecular flexibility index (Phi) is 3.22. The summed E-state index contributed by atoms with van der Waals surface area (Å²) < 4.78 is 2.38. The van der Waals surface area contributed by atoms with E-state index in [2.05, 4.69) is 15.0 Å². The molecule has 23 heavy (non-hydrogen) atoms. The lowest BCUT2D eigenvalue weighted by Gasteiger charge is -2.22. The second kappa shape index (κ2) is 4.99. The van der Waals surface area contributed by atoms with Gasteiger partial charge in [0, 0.05) is 18.0 Å². The largest absolute Gasteiger partial charge is 0.383 e. The van der Waals surface area contributed by atoms with Crippen LogP contribution in [-0.4, -0.2) is 51.4 Å². The molecule has 0 fully saturated rings. The molecule has 3 aromatic heterocycles. The number of nitrogens with two attached hydrogens (primary N) is 1. The van der Waals surface area contributed by atoms with Crippen molar-refractivity contribution in [3.05, 3.63) is 41.2 Å². The van der Waals surface area contributed by atoms with Crippen molar-refractivity contribution >= 4 is 17.2 Å². The minimum absolute atomic E-state index is 0.127. The normalized spacial score (nSPS) is 11.8. The van der Waals surface area contributed by atoms with Gasteiger partial charge in [0.15, 0.2) is 5.82 Å². The topological polar surface area (TPSA) is 109 Å². The molecular weight excluding hydrogens is 298 g/mol. The Morgan fingerprint density at radius 1 is 1.22 bits per heavy atom. The van der Waals surface area contributed by atoms with Gasteiger partial charge in [-0.15, -0.1) is 4.68 Å². The fourth-order valence-corrected chi connectivity index (χ4v) is 2.36. The summed E-state index contributed by atoms with van der Waals surface area (Å²) in [5.41, 5.74) is 6.14. The summed E-state index contributed by atoms with van der Waals surface area (Å²) in [5.74, 6) is 0.434. The molecule has 0 saturated heterocycles. The number of imidazole rings is 1. The second-order valence-electron chi connectivity index (χ2n) is 5.85. The molecule has 0 bridgehead atoms. The van der Waals surface area contributed by atoms with Gasteiger partial charge in [0.25, 0.3) is 0 Å². The molecule has 9 nitrogen and oxygen atoms in total. The van der Waals surface area contributed by atoms with Gasteiger partial charge >= 0.3 is 11.7 Å².